The summed E-state index contributed by atoms with van der Waals surface area (Å²) in [6.07, 6.45) is 0.703. The maximum atomic E-state index is 12.4. The van der Waals surface area contributed by atoms with Gasteiger partial charge < -0.3 is 19.5 Å². The molecule has 2 aromatic rings. The topological polar surface area (TPSA) is 91.7 Å². The summed E-state index contributed by atoms with van der Waals surface area (Å²) < 4.78 is 16.9. The molecule has 1 aromatic carbocycles. The zero-order chi connectivity index (χ0) is 20.5. The van der Waals surface area contributed by atoms with Crippen LogP contribution in [0.15, 0.2) is 35.1 Å². The SMILES string of the molecule is CCOCCCNC(=O)[C@@H](C)n1nc(-c2ccc(OC)cc2)c(OC)cc1=O. The molecule has 1 heterocycles. The molecule has 0 aliphatic rings. The van der Waals surface area contributed by atoms with Crippen molar-refractivity contribution < 1.29 is 19.0 Å². The van der Waals surface area contributed by atoms with Crippen LogP contribution >= 0.6 is 0 Å². The molecule has 0 aliphatic carbocycles. The largest absolute Gasteiger partial charge is 0.497 e. The number of ether oxygens (including phenoxy) is 3. The van der Waals surface area contributed by atoms with E-state index in [9.17, 15) is 9.59 Å². The number of carbonyl (C=O) groups excluding carboxylic acids is 1. The number of rotatable bonds is 10. The Labute approximate surface area is 164 Å². The van der Waals surface area contributed by atoms with Gasteiger partial charge >= 0.3 is 0 Å². The minimum atomic E-state index is -0.762. The van der Waals surface area contributed by atoms with Crippen LogP contribution in [-0.2, 0) is 9.53 Å². The maximum absolute atomic E-state index is 12.4. The average molecular weight is 389 g/mol. The Bertz CT molecular complexity index is 833. The van der Waals surface area contributed by atoms with Crippen molar-refractivity contribution in [2.24, 2.45) is 0 Å². The van der Waals surface area contributed by atoms with Gasteiger partial charge in [0.15, 0.2) is 5.75 Å². The molecule has 8 nitrogen and oxygen atoms in total. The van der Waals surface area contributed by atoms with E-state index in [1.54, 1.807) is 26.2 Å². The summed E-state index contributed by atoms with van der Waals surface area (Å²) in [5.74, 6) is 0.767. The monoisotopic (exact) mass is 389 g/mol. The molecule has 0 bridgehead atoms. The number of carbonyl (C=O) groups is 1. The summed E-state index contributed by atoms with van der Waals surface area (Å²) in [4.78, 5) is 24.9. The first-order valence-corrected chi connectivity index (χ1v) is 9.19. The summed E-state index contributed by atoms with van der Waals surface area (Å²) in [6, 6.07) is 7.79. The van der Waals surface area contributed by atoms with E-state index in [0.717, 1.165) is 5.56 Å². The number of nitrogens with one attached hydrogen (secondary N) is 1. The van der Waals surface area contributed by atoms with Gasteiger partial charge in [0.2, 0.25) is 5.91 Å². The zero-order valence-electron chi connectivity index (χ0n) is 16.7. The fraction of sp³-hybridized carbons (Fsp3) is 0.450. The smallest absolute Gasteiger partial charge is 0.271 e. The highest BCUT2D eigenvalue weighted by Crippen LogP contribution is 2.28. The maximum Gasteiger partial charge on any atom is 0.271 e. The highest BCUT2D eigenvalue weighted by Gasteiger charge is 2.20. The molecule has 0 unspecified atom stereocenters. The number of hydrogen-bond acceptors (Lipinski definition) is 6. The van der Waals surface area contributed by atoms with Gasteiger partial charge in [0.1, 0.15) is 17.5 Å². The van der Waals surface area contributed by atoms with Gasteiger partial charge in [0, 0.05) is 31.4 Å². The molecule has 0 spiro atoms. The van der Waals surface area contributed by atoms with Crippen LogP contribution in [0.25, 0.3) is 11.3 Å². The molecule has 1 atom stereocenters. The van der Waals surface area contributed by atoms with Gasteiger partial charge in [-0.2, -0.15) is 5.10 Å². The molecule has 0 radical (unpaired) electrons. The van der Waals surface area contributed by atoms with Gasteiger partial charge in [-0.1, -0.05) is 0 Å². The van der Waals surface area contributed by atoms with Crippen molar-refractivity contribution in [3.63, 3.8) is 0 Å². The molecule has 8 heteroatoms. The van der Waals surface area contributed by atoms with Crippen molar-refractivity contribution in [3.05, 3.63) is 40.7 Å². The van der Waals surface area contributed by atoms with Gasteiger partial charge in [-0.15, -0.1) is 0 Å². The first-order valence-electron chi connectivity index (χ1n) is 9.19. The number of hydrogen-bond donors (Lipinski definition) is 1. The Morgan fingerprint density at radius 2 is 1.93 bits per heavy atom. The summed E-state index contributed by atoms with van der Waals surface area (Å²) in [7, 11) is 3.06. The molecule has 0 saturated heterocycles. The molecule has 1 N–H and O–H groups in total. The van der Waals surface area contributed by atoms with E-state index in [-0.39, 0.29) is 5.91 Å². The molecule has 152 valence electrons. The van der Waals surface area contributed by atoms with Crippen molar-refractivity contribution in [2.75, 3.05) is 34.0 Å². The third-order valence-electron chi connectivity index (χ3n) is 4.22. The van der Waals surface area contributed by atoms with Crippen LogP contribution in [0.5, 0.6) is 11.5 Å². The van der Waals surface area contributed by atoms with Crippen molar-refractivity contribution in [3.8, 4) is 22.8 Å². The van der Waals surface area contributed by atoms with Gasteiger partial charge in [0.25, 0.3) is 5.56 Å². The second-order valence-electron chi connectivity index (χ2n) is 6.09. The number of benzene rings is 1. The van der Waals surface area contributed by atoms with Crippen LogP contribution < -0.4 is 20.3 Å². The van der Waals surface area contributed by atoms with Crippen LogP contribution in [0, 0.1) is 0 Å². The van der Waals surface area contributed by atoms with Crippen LogP contribution in [0.2, 0.25) is 0 Å². The molecule has 0 aliphatic heterocycles. The third-order valence-corrected chi connectivity index (χ3v) is 4.22. The lowest BCUT2D eigenvalue weighted by molar-refractivity contribution is -0.124. The van der Waals surface area contributed by atoms with Crippen molar-refractivity contribution >= 4 is 5.91 Å². The lowest BCUT2D eigenvalue weighted by atomic mass is 10.1. The van der Waals surface area contributed by atoms with E-state index in [1.807, 2.05) is 19.1 Å². The first-order chi connectivity index (χ1) is 13.5. The van der Waals surface area contributed by atoms with Gasteiger partial charge in [-0.05, 0) is 44.5 Å². The lowest BCUT2D eigenvalue weighted by Gasteiger charge is -2.17. The van der Waals surface area contributed by atoms with Crippen molar-refractivity contribution in [1.82, 2.24) is 15.1 Å². The molecule has 0 saturated carbocycles. The van der Waals surface area contributed by atoms with Crippen LogP contribution in [0.4, 0.5) is 0 Å². The van der Waals surface area contributed by atoms with Crippen LogP contribution in [-0.4, -0.2) is 49.7 Å². The van der Waals surface area contributed by atoms with Gasteiger partial charge in [-0.3, -0.25) is 9.59 Å². The molecular formula is C20H27N3O5. The van der Waals surface area contributed by atoms with Crippen LogP contribution in [0.3, 0.4) is 0 Å². The van der Waals surface area contributed by atoms with E-state index < -0.39 is 11.6 Å². The Morgan fingerprint density at radius 3 is 2.54 bits per heavy atom. The highest BCUT2D eigenvalue weighted by atomic mass is 16.5. The predicted octanol–water partition coefficient (Wildman–Crippen LogP) is 2.03. The quantitative estimate of drug-likeness (QED) is 0.625. The number of aromatic nitrogens is 2. The van der Waals surface area contributed by atoms with Crippen molar-refractivity contribution in [1.29, 1.82) is 0 Å². The Morgan fingerprint density at radius 1 is 1.21 bits per heavy atom. The highest BCUT2D eigenvalue weighted by molar-refractivity contribution is 5.79. The summed E-state index contributed by atoms with van der Waals surface area (Å²) in [5.41, 5.74) is 0.808. The van der Waals surface area contributed by atoms with E-state index in [0.29, 0.717) is 43.4 Å². The molecule has 0 fully saturated rings. The number of methoxy groups -OCH3 is 2. The third kappa shape index (κ3) is 5.32. The van der Waals surface area contributed by atoms with Gasteiger partial charge in [-0.25, -0.2) is 4.68 Å². The first kappa shape index (κ1) is 21.4. The fourth-order valence-corrected chi connectivity index (χ4v) is 2.62. The van der Waals surface area contributed by atoms with E-state index in [4.69, 9.17) is 14.2 Å². The summed E-state index contributed by atoms with van der Waals surface area (Å²) >= 11 is 0. The second kappa shape index (κ2) is 10.5. The Kier molecular flexibility index (Phi) is 8.01. The number of nitrogens with zero attached hydrogens (tertiary/aromatic N) is 2. The fourth-order valence-electron chi connectivity index (χ4n) is 2.62. The molecular weight excluding hydrogens is 362 g/mol. The Hall–Kier alpha value is -2.87. The second-order valence-corrected chi connectivity index (χ2v) is 6.09. The minimum absolute atomic E-state index is 0.281. The van der Waals surface area contributed by atoms with E-state index in [1.165, 1.54) is 17.9 Å². The number of amides is 1. The predicted molar refractivity (Wildman–Crippen MR) is 106 cm³/mol. The minimum Gasteiger partial charge on any atom is -0.497 e. The molecule has 28 heavy (non-hydrogen) atoms. The average Bonchev–Trinajstić information content (AvgIpc) is 2.72. The Balaban J connectivity index is 2.24. The van der Waals surface area contributed by atoms with Crippen LogP contribution in [0.1, 0.15) is 26.3 Å². The van der Waals surface area contributed by atoms with Gasteiger partial charge in [0.05, 0.1) is 14.2 Å². The van der Waals surface area contributed by atoms with E-state index >= 15 is 0 Å². The normalized spacial score (nSPS) is 11.7. The summed E-state index contributed by atoms with van der Waals surface area (Å²) in [5, 5.41) is 7.20. The summed E-state index contributed by atoms with van der Waals surface area (Å²) in [6.45, 7) is 5.25. The van der Waals surface area contributed by atoms with E-state index in [2.05, 4.69) is 10.4 Å². The lowest BCUT2D eigenvalue weighted by Crippen LogP contribution is -2.37. The molecule has 1 aromatic heterocycles. The standard InChI is InChI=1S/C20H27N3O5/c1-5-28-12-6-11-21-20(25)14(2)23-18(24)13-17(27-4)19(22-23)15-7-9-16(26-3)10-8-15/h7-10,13-14H,5-6,11-12H2,1-4H3,(H,21,25)/t14-/m1/s1. The molecule has 2 rings (SSSR count). The molecule has 1 amide bonds. The van der Waals surface area contributed by atoms with Crippen molar-refractivity contribution in [2.45, 2.75) is 26.3 Å². The zero-order valence-corrected chi connectivity index (χ0v) is 16.7.